The van der Waals surface area contributed by atoms with Crippen molar-refractivity contribution in [2.75, 3.05) is 13.2 Å². The van der Waals surface area contributed by atoms with Crippen LogP contribution in [-0.4, -0.2) is 29.0 Å². The van der Waals surface area contributed by atoms with Crippen LogP contribution in [0.3, 0.4) is 0 Å². The minimum absolute atomic E-state index is 0.0316. The van der Waals surface area contributed by atoms with Gasteiger partial charge in [0.05, 0.1) is 12.2 Å². The number of benzene rings is 1. The van der Waals surface area contributed by atoms with E-state index in [-0.39, 0.29) is 11.8 Å². The summed E-state index contributed by atoms with van der Waals surface area (Å²) in [7, 11) is 0. The van der Waals surface area contributed by atoms with E-state index in [9.17, 15) is 4.79 Å². The van der Waals surface area contributed by atoms with Crippen molar-refractivity contribution in [1.82, 2.24) is 15.3 Å². The summed E-state index contributed by atoms with van der Waals surface area (Å²) in [5.41, 5.74) is 2.23. The van der Waals surface area contributed by atoms with E-state index in [1.807, 2.05) is 37.3 Å². The Morgan fingerprint density at radius 3 is 3.05 bits per heavy atom. The zero-order valence-electron chi connectivity index (χ0n) is 12.8. The van der Waals surface area contributed by atoms with Crippen LogP contribution in [0.25, 0.3) is 0 Å². The van der Waals surface area contributed by atoms with Gasteiger partial charge in [-0.2, -0.15) is 0 Å². The zero-order valence-corrected chi connectivity index (χ0v) is 12.8. The smallest absolute Gasteiger partial charge is 0.223 e. The first-order chi connectivity index (χ1) is 10.7. The summed E-state index contributed by atoms with van der Waals surface area (Å²) < 4.78 is 5.57. The maximum absolute atomic E-state index is 12.2. The van der Waals surface area contributed by atoms with Crippen LogP contribution < -0.4 is 10.1 Å². The van der Waals surface area contributed by atoms with Crippen molar-refractivity contribution in [3.63, 3.8) is 0 Å². The van der Waals surface area contributed by atoms with E-state index in [1.54, 1.807) is 0 Å². The molecule has 0 aliphatic heterocycles. The summed E-state index contributed by atoms with van der Waals surface area (Å²) in [6.45, 7) is 2.96. The summed E-state index contributed by atoms with van der Waals surface area (Å²) in [5.74, 6) is 1.90. The lowest BCUT2D eigenvalue weighted by Gasteiger charge is -2.20. The van der Waals surface area contributed by atoms with Crippen molar-refractivity contribution in [1.29, 1.82) is 0 Å². The van der Waals surface area contributed by atoms with Gasteiger partial charge in [-0.25, -0.2) is 4.98 Å². The van der Waals surface area contributed by atoms with E-state index >= 15 is 0 Å². The van der Waals surface area contributed by atoms with Crippen LogP contribution in [-0.2, 0) is 17.6 Å². The topological polar surface area (TPSA) is 67.0 Å². The lowest BCUT2D eigenvalue weighted by molar-refractivity contribution is -0.125. The number of rotatable bonds is 5. The second-order valence-electron chi connectivity index (χ2n) is 5.64. The highest BCUT2D eigenvalue weighted by Crippen LogP contribution is 2.23. The molecule has 116 valence electrons. The Kier molecular flexibility index (Phi) is 4.42. The number of carbonyl (C=O) groups is 1. The summed E-state index contributed by atoms with van der Waals surface area (Å²) in [4.78, 5) is 19.9. The number of imidazole rings is 1. The highest BCUT2D eigenvalue weighted by atomic mass is 16.5. The number of carbonyl (C=O) groups excluding carboxylic acids is 1. The summed E-state index contributed by atoms with van der Waals surface area (Å²) in [5, 5.41) is 2.96. The molecule has 0 saturated heterocycles. The van der Waals surface area contributed by atoms with Gasteiger partial charge in [0, 0.05) is 18.0 Å². The molecule has 1 heterocycles. The Labute approximate surface area is 130 Å². The number of aryl methyl sites for hydroxylation is 2. The molecule has 22 heavy (non-hydrogen) atoms. The number of nitrogens with zero attached hydrogens (tertiary/aromatic N) is 1. The molecule has 2 N–H and O–H groups in total. The number of fused-ring (bicyclic) bond motifs is 1. The van der Waals surface area contributed by atoms with Gasteiger partial charge in [0.2, 0.25) is 5.91 Å². The van der Waals surface area contributed by atoms with E-state index in [0.29, 0.717) is 13.2 Å². The quantitative estimate of drug-likeness (QED) is 0.830. The molecule has 1 amide bonds. The van der Waals surface area contributed by atoms with E-state index in [4.69, 9.17) is 4.74 Å². The fourth-order valence-electron chi connectivity index (χ4n) is 2.85. The lowest BCUT2D eigenvalue weighted by atomic mass is 9.89. The molecule has 3 rings (SSSR count). The molecule has 2 aromatic rings. The van der Waals surface area contributed by atoms with Gasteiger partial charge >= 0.3 is 0 Å². The number of ether oxygens (including phenoxy) is 1. The van der Waals surface area contributed by atoms with Crippen LogP contribution in [0, 0.1) is 12.8 Å². The Bertz CT molecular complexity index is 637. The fraction of sp³-hybridized carbons (Fsp3) is 0.412. The van der Waals surface area contributed by atoms with Gasteiger partial charge in [0.25, 0.3) is 0 Å². The van der Waals surface area contributed by atoms with Gasteiger partial charge in [-0.15, -0.1) is 0 Å². The first-order valence-corrected chi connectivity index (χ1v) is 7.72. The largest absolute Gasteiger partial charge is 0.492 e. The third-order valence-electron chi connectivity index (χ3n) is 3.95. The normalized spacial score (nSPS) is 16.9. The lowest BCUT2D eigenvalue weighted by Crippen LogP contribution is -2.36. The Hall–Kier alpha value is -2.30. The number of hydrogen-bond acceptors (Lipinski definition) is 3. The number of H-pyrrole nitrogens is 1. The average Bonchev–Trinajstić information content (AvgIpc) is 2.91. The van der Waals surface area contributed by atoms with Crippen LogP contribution in [0.5, 0.6) is 5.75 Å². The van der Waals surface area contributed by atoms with Crippen LogP contribution in [0.2, 0.25) is 0 Å². The van der Waals surface area contributed by atoms with Crippen molar-refractivity contribution >= 4 is 5.91 Å². The van der Waals surface area contributed by atoms with E-state index in [0.717, 1.165) is 42.2 Å². The van der Waals surface area contributed by atoms with Crippen LogP contribution >= 0.6 is 0 Å². The van der Waals surface area contributed by atoms with E-state index in [1.165, 1.54) is 0 Å². The molecule has 1 aliphatic carbocycles. The first kappa shape index (κ1) is 14.6. The van der Waals surface area contributed by atoms with Crippen molar-refractivity contribution in [3.05, 3.63) is 47.5 Å². The number of aromatic nitrogens is 2. The molecular formula is C17H21N3O2. The molecule has 5 heteroatoms. The van der Waals surface area contributed by atoms with Gasteiger partial charge in [-0.1, -0.05) is 18.2 Å². The fourth-order valence-corrected chi connectivity index (χ4v) is 2.85. The van der Waals surface area contributed by atoms with Crippen LogP contribution in [0.15, 0.2) is 30.3 Å². The standard InChI is InChI=1S/C17H21N3O2/c1-12-19-15-8-7-13(11-16(15)20-12)17(21)18-9-10-22-14-5-3-2-4-6-14/h2-6,13H,7-11H2,1H3,(H,18,21)(H,19,20). The minimum atomic E-state index is 0.0316. The van der Waals surface area contributed by atoms with Gasteiger partial charge in [-0.05, 0) is 31.9 Å². The number of aromatic amines is 1. The van der Waals surface area contributed by atoms with Gasteiger partial charge < -0.3 is 15.0 Å². The van der Waals surface area contributed by atoms with Gasteiger partial charge in [0.1, 0.15) is 18.2 Å². The summed E-state index contributed by atoms with van der Waals surface area (Å²) >= 11 is 0. The maximum Gasteiger partial charge on any atom is 0.223 e. The summed E-state index contributed by atoms with van der Waals surface area (Å²) in [6, 6.07) is 9.62. The van der Waals surface area contributed by atoms with E-state index < -0.39 is 0 Å². The number of hydrogen-bond donors (Lipinski definition) is 2. The van der Waals surface area contributed by atoms with Crippen molar-refractivity contribution < 1.29 is 9.53 Å². The molecule has 1 aliphatic rings. The van der Waals surface area contributed by atoms with Crippen molar-refractivity contribution in [2.24, 2.45) is 5.92 Å². The van der Waals surface area contributed by atoms with Gasteiger partial charge in [-0.3, -0.25) is 4.79 Å². The van der Waals surface area contributed by atoms with Crippen LogP contribution in [0.1, 0.15) is 23.6 Å². The predicted molar refractivity (Wildman–Crippen MR) is 83.8 cm³/mol. The second kappa shape index (κ2) is 6.64. The highest BCUT2D eigenvalue weighted by Gasteiger charge is 2.26. The van der Waals surface area contributed by atoms with E-state index in [2.05, 4.69) is 15.3 Å². The Balaban J connectivity index is 1.43. The van der Waals surface area contributed by atoms with Crippen LogP contribution in [0.4, 0.5) is 0 Å². The molecule has 1 unspecified atom stereocenters. The minimum Gasteiger partial charge on any atom is -0.492 e. The molecule has 0 spiro atoms. The zero-order chi connectivity index (χ0) is 15.4. The number of nitrogens with one attached hydrogen (secondary N) is 2. The molecule has 1 aromatic carbocycles. The first-order valence-electron chi connectivity index (χ1n) is 7.72. The second-order valence-corrected chi connectivity index (χ2v) is 5.64. The molecule has 0 bridgehead atoms. The molecule has 0 radical (unpaired) electrons. The number of amides is 1. The summed E-state index contributed by atoms with van der Waals surface area (Å²) in [6.07, 6.45) is 2.49. The third kappa shape index (κ3) is 3.47. The molecule has 0 fully saturated rings. The van der Waals surface area contributed by atoms with Crippen molar-refractivity contribution in [2.45, 2.75) is 26.2 Å². The Morgan fingerprint density at radius 2 is 2.23 bits per heavy atom. The molecule has 0 saturated carbocycles. The SMILES string of the molecule is Cc1nc2c([nH]1)CC(C(=O)NCCOc1ccccc1)CC2. The Morgan fingerprint density at radius 1 is 1.41 bits per heavy atom. The number of para-hydroxylation sites is 1. The highest BCUT2D eigenvalue weighted by molar-refractivity contribution is 5.79. The molecular weight excluding hydrogens is 278 g/mol. The van der Waals surface area contributed by atoms with Gasteiger partial charge in [0.15, 0.2) is 0 Å². The maximum atomic E-state index is 12.2. The third-order valence-corrected chi connectivity index (χ3v) is 3.95. The van der Waals surface area contributed by atoms with Crippen molar-refractivity contribution in [3.8, 4) is 5.75 Å². The molecule has 1 atom stereocenters. The predicted octanol–water partition coefficient (Wildman–Crippen LogP) is 2.02. The monoisotopic (exact) mass is 299 g/mol. The molecule has 5 nitrogen and oxygen atoms in total. The average molecular weight is 299 g/mol. The molecule has 1 aromatic heterocycles.